The van der Waals surface area contributed by atoms with E-state index in [1.165, 1.54) is 31.2 Å². The molecule has 0 aliphatic heterocycles. The molecule has 1 aliphatic carbocycles. The Morgan fingerprint density at radius 3 is 2.59 bits per heavy atom. The van der Waals surface area contributed by atoms with Gasteiger partial charge in [-0.1, -0.05) is 62.2 Å². The average Bonchev–Trinajstić information content (AvgIpc) is 3.03. The molecule has 1 aliphatic rings. The lowest BCUT2D eigenvalue weighted by atomic mass is 9.86. The van der Waals surface area contributed by atoms with Crippen LogP contribution in [-0.2, 0) is 13.1 Å². The molecule has 1 saturated carbocycles. The minimum atomic E-state index is -0.858. The van der Waals surface area contributed by atoms with E-state index in [4.69, 9.17) is 0 Å². The lowest BCUT2D eigenvalue weighted by molar-refractivity contribution is 0.0684. The number of aromatic nitrogens is 1. The van der Waals surface area contributed by atoms with Crippen LogP contribution >= 0.6 is 0 Å². The Morgan fingerprint density at radius 2 is 1.83 bits per heavy atom. The Kier molecular flexibility index (Phi) is 5.72. The molecule has 2 aromatic carbocycles. The van der Waals surface area contributed by atoms with Gasteiger partial charge in [0, 0.05) is 35.6 Å². The summed E-state index contributed by atoms with van der Waals surface area (Å²) in [6.07, 6.45) is 4.97. The van der Waals surface area contributed by atoms with Crippen LogP contribution in [0.25, 0.3) is 10.9 Å². The molecule has 2 N–H and O–H groups in total. The van der Waals surface area contributed by atoms with Crippen LogP contribution in [-0.4, -0.2) is 21.7 Å². The Morgan fingerprint density at radius 1 is 1.10 bits per heavy atom. The molecule has 1 aromatic heterocycles. The molecule has 4 rings (SSSR count). The van der Waals surface area contributed by atoms with E-state index < -0.39 is 5.97 Å². The molecule has 1 heterocycles. The van der Waals surface area contributed by atoms with E-state index in [1.807, 2.05) is 34.9 Å². The summed E-state index contributed by atoms with van der Waals surface area (Å²) in [7, 11) is 0. The first-order chi connectivity index (χ1) is 14.1. The maximum absolute atomic E-state index is 12.4. The third kappa shape index (κ3) is 3.95. The van der Waals surface area contributed by atoms with E-state index in [0.29, 0.717) is 30.7 Å². The summed E-state index contributed by atoms with van der Waals surface area (Å²) >= 11 is 0. The van der Waals surface area contributed by atoms with Gasteiger partial charge >= 0.3 is 5.97 Å². The maximum Gasteiger partial charge on any atom is 0.352 e. The fraction of sp³-hybridized carbons (Fsp3) is 0.400. The highest BCUT2D eigenvalue weighted by Gasteiger charge is 2.25. The van der Waals surface area contributed by atoms with Gasteiger partial charge in [-0.15, -0.1) is 0 Å². The van der Waals surface area contributed by atoms with Crippen LogP contribution in [0.15, 0.2) is 48.5 Å². The smallest absolute Gasteiger partial charge is 0.352 e. The number of rotatable bonds is 6. The van der Waals surface area contributed by atoms with Crippen molar-refractivity contribution in [2.24, 2.45) is 5.92 Å². The molecule has 3 aromatic rings. The predicted molar refractivity (Wildman–Crippen MR) is 117 cm³/mol. The molecule has 0 saturated heterocycles. The number of carbonyl (C=O) groups is 1. The zero-order valence-corrected chi connectivity index (χ0v) is 17.3. The second-order valence-corrected chi connectivity index (χ2v) is 8.41. The first-order valence-electron chi connectivity index (χ1n) is 10.7. The van der Waals surface area contributed by atoms with Crippen molar-refractivity contribution in [2.75, 3.05) is 0 Å². The molecule has 1 fully saturated rings. The van der Waals surface area contributed by atoms with Crippen molar-refractivity contribution in [1.82, 2.24) is 9.88 Å². The van der Waals surface area contributed by atoms with E-state index in [-0.39, 0.29) is 0 Å². The van der Waals surface area contributed by atoms with Crippen molar-refractivity contribution in [2.45, 2.75) is 58.7 Å². The molecule has 0 unspecified atom stereocenters. The van der Waals surface area contributed by atoms with Crippen LogP contribution in [0, 0.1) is 12.8 Å². The zero-order chi connectivity index (χ0) is 20.4. The van der Waals surface area contributed by atoms with Crippen LogP contribution in [0.5, 0.6) is 0 Å². The van der Waals surface area contributed by atoms with Crippen molar-refractivity contribution in [3.8, 4) is 0 Å². The van der Waals surface area contributed by atoms with Gasteiger partial charge in [-0.25, -0.2) is 4.79 Å². The highest BCUT2D eigenvalue weighted by atomic mass is 16.4. The average molecular weight is 391 g/mol. The van der Waals surface area contributed by atoms with E-state index >= 15 is 0 Å². The number of aromatic carboxylic acids is 1. The number of nitrogens with one attached hydrogen (secondary N) is 1. The van der Waals surface area contributed by atoms with Gasteiger partial charge in [-0.3, -0.25) is 0 Å². The Bertz CT molecular complexity index is 1020. The van der Waals surface area contributed by atoms with E-state index in [0.717, 1.165) is 22.0 Å². The van der Waals surface area contributed by atoms with Gasteiger partial charge in [0.05, 0.1) is 0 Å². The minimum Gasteiger partial charge on any atom is -0.477 e. The molecule has 0 radical (unpaired) electrons. The number of hydrogen-bond acceptors (Lipinski definition) is 2. The van der Waals surface area contributed by atoms with Gasteiger partial charge in [0.2, 0.25) is 0 Å². The quantitative estimate of drug-likeness (QED) is 0.595. The summed E-state index contributed by atoms with van der Waals surface area (Å²) in [6, 6.07) is 16.7. The van der Waals surface area contributed by atoms with Gasteiger partial charge in [0.1, 0.15) is 5.69 Å². The summed E-state index contributed by atoms with van der Waals surface area (Å²) < 4.78 is 1.97. The van der Waals surface area contributed by atoms with Gasteiger partial charge in [-0.05, 0) is 42.9 Å². The molecule has 0 amide bonds. The molecule has 4 nitrogen and oxygen atoms in total. The molecule has 4 heteroatoms. The van der Waals surface area contributed by atoms with Crippen LogP contribution in [0.2, 0.25) is 0 Å². The monoisotopic (exact) mass is 390 g/mol. The van der Waals surface area contributed by atoms with Crippen molar-refractivity contribution >= 4 is 16.9 Å². The Labute approximate surface area is 172 Å². The molecular formula is C25H30N2O2. The first kappa shape index (κ1) is 19.7. The predicted octanol–water partition coefficient (Wildman–Crippen LogP) is 5.36. The van der Waals surface area contributed by atoms with Crippen molar-refractivity contribution < 1.29 is 9.90 Å². The third-order valence-electron chi connectivity index (χ3n) is 6.52. The molecule has 29 heavy (non-hydrogen) atoms. The van der Waals surface area contributed by atoms with Gasteiger partial charge in [-0.2, -0.15) is 0 Å². The Balaban J connectivity index is 1.74. The summed E-state index contributed by atoms with van der Waals surface area (Å²) in [5.74, 6) is -0.222. The Hall–Kier alpha value is -2.59. The van der Waals surface area contributed by atoms with Crippen LogP contribution in [0.4, 0.5) is 0 Å². The summed E-state index contributed by atoms with van der Waals surface area (Å²) in [4.78, 5) is 12.4. The second kappa shape index (κ2) is 8.42. The number of aryl methyl sites for hydroxylation is 1. The summed E-state index contributed by atoms with van der Waals surface area (Å²) in [5.41, 5.74) is 4.63. The van der Waals surface area contributed by atoms with Crippen LogP contribution in [0.1, 0.15) is 59.8 Å². The third-order valence-corrected chi connectivity index (χ3v) is 6.52. The van der Waals surface area contributed by atoms with Crippen LogP contribution in [0.3, 0.4) is 0 Å². The molecule has 152 valence electrons. The number of benzene rings is 2. The van der Waals surface area contributed by atoms with Gasteiger partial charge < -0.3 is 15.0 Å². The normalized spacial score (nSPS) is 19.5. The van der Waals surface area contributed by atoms with Crippen LogP contribution < -0.4 is 5.32 Å². The number of nitrogens with zero attached hydrogens (tertiary/aromatic N) is 1. The highest BCUT2D eigenvalue weighted by molar-refractivity contribution is 5.98. The number of para-hydroxylation sites is 1. The topological polar surface area (TPSA) is 54.3 Å². The molecule has 2 atom stereocenters. The maximum atomic E-state index is 12.4. The molecule has 0 spiro atoms. The standard InChI is InChI=1S/C25H30N2O2/c1-17-9-3-5-11-19(17)16-27-23-14-8-6-12-20(23)21(24(27)25(28)29)15-26-22-13-7-4-10-18(22)2/h3,5-6,8-9,11-12,14,18,22,26H,4,7,10,13,15-16H2,1-2H3,(H,28,29)/t18-,22-/m1/s1. The lowest BCUT2D eigenvalue weighted by Crippen LogP contribution is -2.37. The van der Waals surface area contributed by atoms with Crippen molar-refractivity contribution in [3.05, 3.63) is 70.9 Å². The zero-order valence-electron chi connectivity index (χ0n) is 17.3. The number of fused-ring (bicyclic) bond motifs is 1. The van der Waals surface area contributed by atoms with Crippen molar-refractivity contribution in [1.29, 1.82) is 0 Å². The summed E-state index contributed by atoms with van der Waals surface area (Å²) in [5, 5.41) is 14.9. The SMILES string of the molecule is Cc1ccccc1Cn1c(C(=O)O)c(CN[C@@H]2CCCC[C@H]2C)c2ccccc21. The minimum absolute atomic E-state index is 0.408. The number of carboxylic acids is 1. The second-order valence-electron chi connectivity index (χ2n) is 8.41. The van der Waals surface area contributed by atoms with E-state index in [2.05, 4.69) is 37.4 Å². The van der Waals surface area contributed by atoms with E-state index in [1.54, 1.807) is 0 Å². The van der Waals surface area contributed by atoms with Gasteiger partial charge in [0.15, 0.2) is 0 Å². The van der Waals surface area contributed by atoms with Crippen molar-refractivity contribution in [3.63, 3.8) is 0 Å². The summed E-state index contributed by atoms with van der Waals surface area (Å²) in [6.45, 7) is 5.54. The highest BCUT2D eigenvalue weighted by Crippen LogP contribution is 2.29. The number of carboxylic acid groups (broad SMARTS) is 1. The first-order valence-corrected chi connectivity index (χ1v) is 10.7. The fourth-order valence-electron chi connectivity index (χ4n) is 4.77. The fourth-order valence-corrected chi connectivity index (χ4v) is 4.77. The lowest BCUT2D eigenvalue weighted by Gasteiger charge is -2.29. The van der Waals surface area contributed by atoms with Gasteiger partial charge in [0.25, 0.3) is 0 Å². The molecule has 0 bridgehead atoms. The number of hydrogen-bond donors (Lipinski definition) is 2. The largest absolute Gasteiger partial charge is 0.477 e. The molecular weight excluding hydrogens is 360 g/mol. The van der Waals surface area contributed by atoms with E-state index in [9.17, 15) is 9.90 Å².